The number of aryl methyl sites for hydroxylation is 1. The van der Waals surface area contributed by atoms with Crippen LogP contribution in [-0.4, -0.2) is 54.9 Å². The van der Waals surface area contributed by atoms with Crippen LogP contribution in [0.15, 0.2) is 71.7 Å². The summed E-state index contributed by atoms with van der Waals surface area (Å²) < 4.78 is 30.7. The minimum Gasteiger partial charge on any atom is -0.394 e. The molecule has 3 heterocycles. The number of nitrogens with one attached hydrogen (secondary N) is 2. The maximum atomic E-state index is 14.9. The van der Waals surface area contributed by atoms with Gasteiger partial charge in [-0.3, -0.25) is 14.2 Å². The molecule has 0 fully saturated rings. The maximum Gasteiger partial charge on any atom is 0.256 e. The number of hydrogen-bond acceptors (Lipinski definition) is 8. The van der Waals surface area contributed by atoms with Gasteiger partial charge >= 0.3 is 0 Å². The van der Waals surface area contributed by atoms with Crippen LogP contribution in [0.2, 0.25) is 5.15 Å². The zero-order valence-electron chi connectivity index (χ0n) is 22.7. The van der Waals surface area contributed by atoms with Crippen LogP contribution in [0.4, 0.5) is 20.4 Å². The van der Waals surface area contributed by atoms with Gasteiger partial charge in [0.2, 0.25) is 11.9 Å². The highest BCUT2D eigenvalue weighted by molar-refractivity contribution is 6.29. The molecule has 0 saturated heterocycles. The number of aromatic nitrogens is 4. The van der Waals surface area contributed by atoms with Crippen LogP contribution in [0.5, 0.6) is 0 Å². The Hall–Kier alpha value is -4.78. The number of aliphatic hydroxyl groups excluding tert-OH is 2. The molecule has 1 amide bonds. The van der Waals surface area contributed by atoms with Gasteiger partial charge in [-0.15, -0.1) is 0 Å². The summed E-state index contributed by atoms with van der Waals surface area (Å²) in [5, 5.41) is 25.5. The largest absolute Gasteiger partial charge is 0.394 e. The summed E-state index contributed by atoms with van der Waals surface area (Å²) in [5.41, 5.74) is 1.11. The van der Waals surface area contributed by atoms with Gasteiger partial charge < -0.3 is 20.8 Å². The van der Waals surface area contributed by atoms with Crippen molar-refractivity contribution in [2.75, 3.05) is 23.8 Å². The molecular formula is C30H25ClF2N6O4. The van der Waals surface area contributed by atoms with E-state index in [0.717, 1.165) is 28.3 Å². The lowest BCUT2D eigenvalue weighted by molar-refractivity contribution is -0.115. The minimum atomic E-state index is -0.982. The first-order valence-electron chi connectivity index (χ1n) is 13.1. The number of para-hydroxylation sites is 1. The summed E-state index contributed by atoms with van der Waals surface area (Å²) in [6.45, 7) is 0.860. The van der Waals surface area contributed by atoms with Crippen molar-refractivity contribution in [3.8, 4) is 16.9 Å². The highest BCUT2D eigenvalue weighted by Gasteiger charge is 2.21. The van der Waals surface area contributed by atoms with E-state index < -0.39 is 42.1 Å². The normalized spacial score (nSPS) is 11.2. The number of amides is 1. The Labute approximate surface area is 248 Å². The van der Waals surface area contributed by atoms with Crippen molar-refractivity contribution in [3.63, 3.8) is 0 Å². The molecule has 13 heteroatoms. The molecule has 0 aliphatic carbocycles. The second-order valence-electron chi connectivity index (χ2n) is 9.66. The first kappa shape index (κ1) is 29.7. The van der Waals surface area contributed by atoms with E-state index in [-0.39, 0.29) is 35.0 Å². The summed E-state index contributed by atoms with van der Waals surface area (Å²) in [6.07, 6.45) is 1.55. The fourth-order valence-electron chi connectivity index (χ4n) is 4.49. The number of pyridine rings is 2. The molecule has 0 spiro atoms. The van der Waals surface area contributed by atoms with Crippen LogP contribution < -0.4 is 16.2 Å². The molecule has 10 nitrogen and oxygen atoms in total. The molecule has 2 aromatic carbocycles. The summed E-state index contributed by atoms with van der Waals surface area (Å²) in [5.74, 6) is -2.39. The number of rotatable bonds is 9. The van der Waals surface area contributed by atoms with Crippen molar-refractivity contribution in [2.24, 2.45) is 0 Å². The summed E-state index contributed by atoms with van der Waals surface area (Å²) in [7, 11) is 0. The molecular weight excluding hydrogens is 582 g/mol. The lowest BCUT2D eigenvalue weighted by Gasteiger charge is -2.18. The zero-order chi connectivity index (χ0) is 30.7. The van der Waals surface area contributed by atoms with Crippen LogP contribution in [0.25, 0.3) is 28.0 Å². The number of halogens is 3. The predicted molar refractivity (Wildman–Crippen MR) is 158 cm³/mol. The lowest BCUT2D eigenvalue weighted by Crippen LogP contribution is -2.29. The van der Waals surface area contributed by atoms with Crippen molar-refractivity contribution in [1.29, 1.82) is 0 Å². The summed E-state index contributed by atoms with van der Waals surface area (Å²) in [6, 6.07) is 13.4. The molecule has 0 aliphatic rings. The Balaban J connectivity index is 1.66. The van der Waals surface area contributed by atoms with Gasteiger partial charge in [0.15, 0.2) is 5.65 Å². The van der Waals surface area contributed by atoms with Crippen LogP contribution in [-0.2, 0) is 11.2 Å². The number of hydrogen-bond donors (Lipinski definition) is 4. The number of aliphatic hydroxyl groups is 2. The van der Waals surface area contributed by atoms with Gasteiger partial charge in [0.25, 0.3) is 5.56 Å². The quantitative estimate of drug-likeness (QED) is 0.184. The second kappa shape index (κ2) is 12.6. The molecule has 43 heavy (non-hydrogen) atoms. The summed E-state index contributed by atoms with van der Waals surface area (Å²) in [4.78, 5) is 38.8. The van der Waals surface area contributed by atoms with Gasteiger partial charge in [-0.05, 0) is 54.4 Å². The molecule has 0 saturated carbocycles. The van der Waals surface area contributed by atoms with Crippen LogP contribution in [0, 0.1) is 18.6 Å². The molecule has 5 rings (SSSR count). The molecule has 0 bridgehead atoms. The van der Waals surface area contributed by atoms with Crippen molar-refractivity contribution >= 4 is 40.2 Å². The van der Waals surface area contributed by atoms with E-state index in [1.165, 1.54) is 18.3 Å². The fraction of sp³-hybridized carbons (Fsp3) is 0.167. The Bertz CT molecular complexity index is 1860. The maximum absolute atomic E-state index is 14.9. The Morgan fingerprint density at radius 1 is 1.02 bits per heavy atom. The second-order valence-corrected chi connectivity index (χ2v) is 10.0. The molecule has 0 aliphatic heterocycles. The zero-order valence-corrected chi connectivity index (χ0v) is 23.4. The van der Waals surface area contributed by atoms with Crippen molar-refractivity contribution in [1.82, 2.24) is 19.5 Å². The number of fused-ring (bicyclic) bond motifs is 1. The molecule has 4 N–H and O–H groups in total. The Morgan fingerprint density at radius 3 is 2.44 bits per heavy atom. The average Bonchev–Trinajstić information content (AvgIpc) is 2.98. The first-order valence-corrected chi connectivity index (χ1v) is 13.4. The minimum absolute atomic E-state index is 0.0437. The van der Waals surface area contributed by atoms with Crippen molar-refractivity contribution in [3.05, 3.63) is 105 Å². The highest BCUT2D eigenvalue weighted by atomic mass is 35.5. The smallest absolute Gasteiger partial charge is 0.256 e. The number of nitrogens with zero attached hydrogens (tertiary/aromatic N) is 4. The topological polar surface area (TPSA) is 142 Å². The third-order valence-electron chi connectivity index (χ3n) is 6.62. The number of carbonyl (C=O) groups excluding carboxylic acids is 1. The van der Waals surface area contributed by atoms with Crippen molar-refractivity contribution in [2.45, 2.75) is 19.4 Å². The van der Waals surface area contributed by atoms with E-state index >= 15 is 0 Å². The Kier molecular flexibility index (Phi) is 8.71. The van der Waals surface area contributed by atoms with Crippen LogP contribution in [0.3, 0.4) is 0 Å². The third kappa shape index (κ3) is 6.36. The van der Waals surface area contributed by atoms with Crippen LogP contribution in [0.1, 0.15) is 11.1 Å². The van der Waals surface area contributed by atoms with Gasteiger partial charge in [-0.1, -0.05) is 29.8 Å². The van der Waals surface area contributed by atoms with E-state index in [2.05, 4.69) is 25.6 Å². The standard InChI is InChI=1S/C30H25ClF2N6O4/c1-16-5-7-18(35-25(42)11-17-6-9-24(31)34-13-17)12-21(16)27-20-8-10-26(43)39(28-22(32)3-2-4-23(28)33)29(20)38-30(37-27)36-19(14-40)15-41/h2-10,12-13,19,40-41H,11,14-15H2,1H3,(H,35,42)(H,36,37,38). The lowest BCUT2D eigenvalue weighted by atomic mass is 10.0. The van der Waals surface area contributed by atoms with Gasteiger partial charge in [0.05, 0.1) is 31.4 Å². The van der Waals surface area contributed by atoms with Gasteiger partial charge in [0.1, 0.15) is 22.5 Å². The molecule has 0 radical (unpaired) electrons. The average molecular weight is 607 g/mol. The molecule has 0 unspecified atom stereocenters. The number of carbonyl (C=O) groups is 1. The van der Waals surface area contributed by atoms with E-state index in [0.29, 0.717) is 22.0 Å². The molecule has 0 atom stereocenters. The van der Waals surface area contributed by atoms with E-state index in [9.17, 15) is 28.6 Å². The summed E-state index contributed by atoms with van der Waals surface area (Å²) >= 11 is 5.83. The number of anilines is 2. The number of benzene rings is 2. The van der Waals surface area contributed by atoms with Crippen LogP contribution >= 0.6 is 11.6 Å². The SMILES string of the molecule is Cc1ccc(NC(=O)Cc2ccc(Cl)nc2)cc1-c1nc(NC(CO)CO)nc2c1ccc(=O)n2-c1c(F)cccc1F. The highest BCUT2D eigenvalue weighted by Crippen LogP contribution is 2.33. The van der Waals surface area contributed by atoms with Gasteiger partial charge in [0, 0.05) is 28.9 Å². The molecule has 220 valence electrons. The van der Waals surface area contributed by atoms with Crippen molar-refractivity contribution < 1.29 is 23.8 Å². The van der Waals surface area contributed by atoms with E-state index in [1.54, 1.807) is 37.3 Å². The molecule has 5 aromatic rings. The first-order chi connectivity index (χ1) is 20.7. The van der Waals surface area contributed by atoms with E-state index in [1.807, 2.05) is 0 Å². The van der Waals surface area contributed by atoms with E-state index in [4.69, 9.17) is 11.6 Å². The molecule has 3 aromatic heterocycles. The fourth-order valence-corrected chi connectivity index (χ4v) is 4.60. The third-order valence-corrected chi connectivity index (χ3v) is 6.84. The monoisotopic (exact) mass is 606 g/mol. The Morgan fingerprint density at radius 2 is 1.77 bits per heavy atom. The van der Waals surface area contributed by atoms with Gasteiger partial charge in [-0.2, -0.15) is 4.98 Å². The van der Waals surface area contributed by atoms with Gasteiger partial charge in [-0.25, -0.2) is 18.7 Å². The predicted octanol–water partition coefficient (Wildman–Crippen LogP) is 4.03.